The standard InChI is InChI=1S/C14H12Br2ClF2NS/c1-2-3-20-13(12-5-8(15)14(16)21-12)7-4-10(18)11(19)6-9(7)17/h4-6,13,20H,2-3H2,1H3. The van der Waals surface area contributed by atoms with Gasteiger partial charge >= 0.3 is 0 Å². The van der Waals surface area contributed by atoms with Crippen molar-refractivity contribution < 1.29 is 8.78 Å². The Morgan fingerprint density at radius 1 is 1.24 bits per heavy atom. The molecule has 0 radical (unpaired) electrons. The van der Waals surface area contributed by atoms with Gasteiger partial charge in [-0.15, -0.1) is 11.3 Å². The van der Waals surface area contributed by atoms with Gasteiger partial charge in [0.2, 0.25) is 0 Å². The lowest BCUT2D eigenvalue weighted by atomic mass is 10.0. The summed E-state index contributed by atoms with van der Waals surface area (Å²) in [5.41, 5.74) is 0.533. The molecule has 1 aromatic heterocycles. The fraction of sp³-hybridized carbons (Fsp3) is 0.286. The van der Waals surface area contributed by atoms with Crippen LogP contribution in [0.5, 0.6) is 0 Å². The molecule has 0 amide bonds. The average molecular weight is 460 g/mol. The summed E-state index contributed by atoms with van der Waals surface area (Å²) in [7, 11) is 0. The number of rotatable bonds is 5. The van der Waals surface area contributed by atoms with E-state index in [0.717, 1.165) is 38.2 Å². The molecule has 0 bridgehead atoms. The number of nitrogens with one attached hydrogen (secondary N) is 1. The van der Waals surface area contributed by atoms with E-state index in [2.05, 4.69) is 37.2 Å². The Kier molecular flexibility index (Phi) is 6.20. The first kappa shape index (κ1) is 17.3. The molecule has 2 rings (SSSR count). The molecule has 114 valence electrons. The van der Waals surface area contributed by atoms with Gasteiger partial charge in [0.25, 0.3) is 0 Å². The van der Waals surface area contributed by atoms with Gasteiger partial charge in [-0.2, -0.15) is 0 Å². The third kappa shape index (κ3) is 4.05. The quantitative estimate of drug-likeness (QED) is 0.518. The van der Waals surface area contributed by atoms with Crippen molar-refractivity contribution in [3.05, 3.63) is 53.6 Å². The summed E-state index contributed by atoms with van der Waals surface area (Å²) in [5, 5.41) is 3.54. The third-order valence-corrected chi connectivity index (χ3v) is 6.55. The molecule has 0 aliphatic rings. The van der Waals surface area contributed by atoms with Crippen LogP contribution in [0.4, 0.5) is 8.78 Å². The third-order valence-electron chi connectivity index (χ3n) is 2.90. The highest BCUT2D eigenvalue weighted by Gasteiger charge is 2.21. The topological polar surface area (TPSA) is 12.0 Å². The highest BCUT2D eigenvalue weighted by Crippen LogP contribution is 2.39. The smallest absolute Gasteiger partial charge is 0.160 e. The van der Waals surface area contributed by atoms with E-state index in [-0.39, 0.29) is 11.1 Å². The van der Waals surface area contributed by atoms with Crippen molar-refractivity contribution in [1.82, 2.24) is 5.32 Å². The molecule has 7 heteroatoms. The normalized spacial score (nSPS) is 12.7. The molecule has 0 saturated carbocycles. The Hall–Kier alpha value is -0.0100. The number of hydrogen-bond donors (Lipinski definition) is 1. The number of benzene rings is 1. The van der Waals surface area contributed by atoms with Crippen LogP contribution in [0.3, 0.4) is 0 Å². The van der Waals surface area contributed by atoms with E-state index in [4.69, 9.17) is 11.6 Å². The Labute approximate surface area is 148 Å². The summed E-state index contributed by atoms with van der Waals surface area (Å²) in [5.74, 6) is -1.83. The highest BCUT2D eigenvalue weighted by atomic mass is 79.9. The minimum Gasteiger partial charge on any atom is -0.306 e. The second-order valence-corrected chi connectivity index (χ2v) is 8.11. The first-order chi connectivity index (χ1) is 9.93. The molecule has 0 spiro atoms. The van der Waals surface area contributed by atoms with Gasteiger partial charge in [0.15, 0.2) is 11.6 Å². The highest BCUT2D eigenvalue weighted by molar-refractivity contribution is 9.13. The van der Waals surface area contributed by atoms with Crippen molar-refractivity contribution in [3.8, 4) is 0 Å². The van der Waals surface area contributed by atoms with E-state index >= 15 is 0 Å². The van der Waals surface area contributed by atoms with Crippen LogP contribution >= 0.6 is 54.8 Å². The SMILES string of the molecule is CCCNC(c1cc(Br)c(Br)s1)c1cc(F)c(F)cc1Cl. The zero-order valence-corrected chi connectivity index (χ0v) is 15.8. The second kappa shape index (κ2) is 7.51. The molecule has 1 N–H and O–H groups in total. The summed E-state index contributed by atoms with van der Waals surface area (Å²) in [4.78, 5) is 0.968. The van der Waals surface area contributed by atoms with E-state index in [1.54, 1.807) is 0 Å². The molecule has 0 saturated heterocycles. The van der Waals surface area contributed by atoms with Gasteiger partial charge in [-0.1, -0.05) is 18.5 Å². The average Bonchev–Trinajstić information content (AvgIpc) is 2.75. The number of thiophene rings is 1. The van der Waals surface area contributed by atoms with Crippen LogP contribution in [0.1, 0.15) is 29.8 Å². The van der Waals surface area contributed by atoms with E-state index in [9.17, 15) is 8.78 Å². The van der Waals surface area contributed by atoms with Crippen molar-refractivity contribution in [2.24, 2.45) is 0 Å². The van der Waals surface area contributed by atoms with Crippen LogP contribution in [-0.4, -0.2) is 6.54 Å². The molecule has 2 aromatic rings. The monoisotopic (exact) mass is 457 g/mol. The predicted molar refractivity (Wildman–Crippen MR) is 91.2 cm³/mol. The van der Waals surface area contributed by atoms with Gasteiger partial charge in [-0.05, 0) is 68.6 Å². The summed E-state index contributed by atoms with van der Waals surface area (Å²) in [6, 6.07) is 3.84. The molecule has 21 heavy (non-hydrogen) atoms. The molecular formula is C14H12Br2ClF2NS. The molecule has 1 nitrogen and oxygen atoms in total. The van der Waals surface area contributed by atoms with Crippen LogP contribution in [0, 0.1) is 11.6 Å². The van der Waals surface area contributed by atoms with Gasteiger partial charge < -0.3 is 5.32 Å². The van der Waals surface area contributed by atoms with Crippen LogP contribution in [0.25, 0.3) is 0 Å². The van der Waals surface area contributed by atoms with E-state index in [0.29, 0.717) is 5.56 Å². The maximum absolute atomic E-state index is 13.6. The maximum atomic E-state index is 13.6. The van der Waals surface area contributed by atoms with Crippen molar-refractivity contribution in [2.75, 3.05) is 6.54 Å². The van der Waals surface area contributed by atoms with Crippen LogP contribution in [-0.2, 0) is 0 Å². The van der Waals surface area contributed by atoms with Gasteiger partial charge in [0, 0.05) is 14.4 Å². The van der Waals surface area contributed by atoms with Crippen LogP contribution < -0.4 is 5.32 Å². The molecule has 0 fully saturated rings. The molecule has 1 aromatic carbocycles. The van der Waals surface area contributed by atoms with Crippen LogP contribution in [0.15, 0.2) is 26.5 Å². The summed E-state index contributed by atoms with van der Waals surface area (Å²) < 4.78 is 28.7. The minimum atomic E-state index is -0.938. The zero-order valence-electron chi connectivity index (χ0n) is 11.0. The van der Waals surface area contributed by atoms with E-state index in [1.807, 2.05) is 13.0 Å². The fourth-order valence-electron chi connectivity index (χ4n) is 1.92. The molecule has 0 aliphatic carbocycles. The number of halogens is 5. The number of hydrogen-bond acceptors (Lipinski definition) is 2. The molecule has 1 atom stereocenters. The van der Waals surface area contributed by atoms with Crippen LogP contribution in [0.2, 0.25) is 5.02 Å². The lowest BCUT2D eigenvalue weighted by Gasteiger charge is -2.19. The van der Waals surface area contributed by atoms with E-state index < -0.39 is 11.6 Å². The van der Waals surface area contributed by atoms with E-state index in [1.165, 1.54) is 11.3 Å². The fourth-order valence-corrected chi connectivity index (χ4v) is 4.36. The molecule has 1 unspecified atom stereocenters. The molecule has 1 heterocycles. The van der Waals surface area contributed by atoms with Crippen molar-refractivity contribution in [1.29, 1.82) is 0 Å². The largest absolute Gasteiger partial charge is 0.306 e. The molecular weight excluding hydrogens is 447 g/mol. The minimum absolute atomic E-state index is 0.211. The Morgan fingerprint density at radius 2 is 1.90 bits per heavy atom. The second-order valence-electron chi connectivity index (χ2n) is 4.45. The molecule has 0 aliphatic heterocycles. The predicted octanol–water partition coefficient (Wildman–Crippen LogP) is 6.29. The maximum Gasteiger partial charge on any atom is 0.160 e. The van der Waals surface area contributed by atoms with Crippen molar-refractivity contribution >= 4 is 54.8 Å². The lowest BCUT2D eigenvalue weighted by Crippen LogP contribution is -2.23. The first-order valence-corrected chi connectivity index (χ1v) is 9.04. The summed E-state index contributed by atoms with van der Waals surface area (Å²) in [6.45, 7) is 2.78. The Morgan fingerprint density at radius 3 is 2.48 bits per heavy atom. The Balaban J connectivity index is 2.47. The van der Waals surface area contributed by atoms with Gasteiger partial charge in [-0.25, -0.2) is 8.78 Å². The zero-order chi connectivity index (χ0) is 15.6. The lowest BCUT2D eigenvalue weighted by molar-refractivity contribution is 0.503. The Bertz CT molecular complexity index is 629. The van der Waals surface area contributed by atoms with Crippen molar-refractivity contribution in [2.45, 2.75) is 19.4 Å². The first-order valence-electron chi connectivity index (χ1n) is 6.26. The van der Waals surface area contributed by atoms with Gasteiger partial charge in [0.05, 0.1) is 9.83 Å². The van der Waals surface area contributed by atoms with Crippen molar-refractivity contribution in [3.63, 3.8) is 0 Å². The summed E-state index contributed by atoms with van der Waals surface area (Å²) in [6.07, 6.45) is 0.922. The van der Waals surface area contributed by atoms with Gasteiger partial charge in [-0.3, -0.25) is 0 Å². The van der Waals surface area contributed by atoms with Gasteiger partial charge in [0.1, 0.15) is 0 Å². The summed E-state index contributed by atoms with van der Waals surface area (Å²) >= 11 is 14.5.